The first kappa shape index (κ1) is 10.8. The fourth-order valence-corrected chi connectivity index (χ4v) is 2.35. The molecule has 0 aromatic heterocycles. The molecule has 1 unspecified atom stereocenters. The molecule has 16 heavy (non-hydrogen) atoms. The minimum absolute atomic E-state index is 0.450. The normalized spacial score (nSPS) is 18.4. The van der Waals surface area contributed by atoms with E-state index in [1.165, 1.54) is 0 Å². The Morgan fingerprint density at radius 1 is 1.56 bits per heavy atom. The second-order valence-electron chi connectivity index (χ2n) is 4.15. The van der Waals surface area contributed by atoms with Crippen molar-refractivity contribution in [3.63, 3.8) is 0 Å². The van der Waals surface area contributed by atoms with Gasteiger partial charge in [0.05, 0.1) is 7.11 Å². The summed E-state index contributed by atoms with van der Waals surface area (Å²) in [6.45, 7) is 2.50. The van der Waals surface area contributed by atoms with Gasteiger partial charge in [-0.15, -0.1) is 0 Å². The van der Waals surface area contributed by atoms with Gasteiger partial charge in [0.25, 0.3) is 0 Å². The first-order valence-corrected chi connectivity index (χ1v) is 5.17. The van der Waals surface area contributed by atoms with Crippen LogP contribution < -0.4 is 9.64 Å². The number of ether oxygens (including phenoxy) is 1. The minimum atomic E-state index is -0.779. The fourth-order valence-electron chi connectivity index (χ4n) is 2.35. The highest BCUT2D eigenvalue weighted by molar-refractivity contribution is 5.84. The Kier molecular flexibility index (Phi) is 2.50. The molecule has 0 amide bonds. The SMILES string of the molecule is COc1cc(C)c2c(c1)C(C(=O)O)CN2C. The van der Waals surface area contributed by atoms with Crippen LogP contribution >= 0.6 is 0 Å². The molecule has 0 bridgehead atoms. The van der Waals surface area contributed by atoms with Gasteiger partial charge in [-0.3, -0.25) is 4.79 Å². The number of rotatable bonds is 2. The molecule has 4 heteroatoms. The van der Waals surface area contributed by atoms with Crippen molar-refractivity contribution in [3.8, 4) is 5.75 Å². The molecule has 1 heterocycles. The number of carboxylic acids is 1. The van der Waals surface area contributed by atoms with Gasteiger partial charge in [0.2, 0.25) is 0 Å². The van der Waals surface area contributed by atoms with E-state index in [-0.39, 0.29) is 0 Å². The first-order valence-electron chi connectivity index (χ1n) is 5.17. The zero-order valence-electron chi connectivity index (χ0n) is 9.65. The van der Waals surface area contributed by atoms with E-state index in [1.54, 1.807) is 7.11 Å². The van der Waals surface area contributed by atoms with Crippen LogP contribution in [0.25, 0.3) is 0 Å². The van der Waals surface area contributed by atoms with Crippen LogP contribution in [0.5, 0.6) is 5.75 Å². The zero-order valence-corrected chi connectivity index (χ0v) is 9.65. The molecule has 4 nitrogen and oxygen atoms in total. The number of aliphatic carboxylic acids is 1. The highest BCUT2D eigenvalue weighted by atomic mass is 16.5. The van der Waals surface area contributed by atoms with Gasteiger partial charge < -0.3 is 14.7 Å². The molecule has 1 N–H and O–H groups in total. The number of nitrogens with zero attached hydrogens (tertiary/aromatic N) is 1. The molecule has 0 fully saturated rings. The van der Waals surface area contributed by atoms with Gasteiger partial charge in [0.15, 0.2) is 0 Å². The van der Waals surface area contributed by atoms with E-state index in [4.69, 9.17) is 9.84 Å². The molecule has 2 rings (SSSR count). The van der Waals surface area contributed by atoms with Crippen LogP contribution in [0.2, 0.25) is 0 Å². The second-order valence-corrected chi connectivity index (χ2v) is 4.15. The van der Waals surface area contributed by atoms with E-state index >= 15 is 0 Å². The van der Waals surface area contributed by atoms with E-state index in [0.29, 0.717) is 6.54 Å². The Morgan fingerprint density at radius 3 is 2.81 bits per heavy atom. The minimum Gasteiger partial charge on any atom is -0.497 e. The van der Waals surface area contributed by atoms with Crippen molar-refractivity contribution in [2.24, 2.45) is 0 Å². The van der Waals surface area contributed by atoms with Gasteiger partial charge in [0, 0.05) is 19.3 Å². The third-order valence-corrected chi connectivity index (χ3v) is 3.05. The van der Waals surface area contributed by atoms with Crippen molar-refractivity contribution in [1.29, 1.82) is 0 Å². The Hall–Kier alpha value is -1.71. The van der Waals surface area contributed by atoms with Crippen LogP contribution in [-0.4, -0.2) is 31.8 Å². The molecule has 1 atom stereocenters. The van der Waals surface area contributed by atoms with E-state index < -0.39 is 11.9 Å². The Bertz CT molecular complexity index is 442. The average Bonchev–Trinajstić information content (AvgIpc) is 2.56. The predicted molar refractivity (Wildman–Crippen MR) is 61.4 cm³/mol. The van der Waals surface area contributed by atoms with Crippen molar-refractivity contribution in [2.75, 3.05) is 25.6 Å². The number of carbonyl (C=O) groups is 1. The molecular weight excluding hydrogens is 206 g/mol. The van der Waals surface area contributed by atoms with Crippen molar-refractivity contribution >= 4 is 11.7 Å². The third kappa shape index (κ3) is 1.50. The summed E-state index contributed by atoms with van der Waals surface area (Å²) in [5.74, 6) is -0.509. The van der Waals surface area contributed by atoms with E-state index in [0.717, 1.165) is 22.6 Å². The fraction of sp³-hybridized carbons (Fsp3) is 0.417. The summed E-state index contributed by atoms with van der Waals surface area (Å²) in [5.41, 5.74) is 2.93. The Morgan fingerprint density at radius 2 is 2.25 bits per heavy atom. The third-order valence-electron chi connectivity index (χ3n) is 3.05. The number of hydrogen-bond acceptors (Lipinski definition) is 3. The van der Waals surface area contributed by atoms with E-state index in [2.05, 4.69) is 0 Å². The Balaban J connectivity index is 2.57. The number of likely N-dealkylation sites (N-methyl/N-ethyl adjacent to an activating group) is 1. The van der Waals surface area contributed by atoms with Crippen molar-refractivity contribution in [1.82, 2.24) is 0 Å². The number of hydrogen-bond donors (Lipinski definition) is 1. The van der Waals surface area contributed by atoms with Crippen LogP contribution in [-0.2, 0) is 4.79 Å². The largest absolute Gasteiger partial charge is 0.497 e. The maximum Gasteiger partial charge on any atom is 0.312 e. The molecule has 86 valence electrons. The highest BCUT2D eigenvalue weighted by Gasteiger charge is 2.33. The summed E-state index contributed by atoms with van der Waals surface area (Å²) in [5, 5.41) is 9.16. The van der Waals surface area contributed by atoms with Crippen molar-refractivity contribution in [3.05, 3.63) is 23.3 Å². The van der Waals surface area contributed by atoms with Gasteiger partial charge >= 0.3 is 5.97 Å². The molecule has 0 spiro atoms. The lowest BCUT2D eigenvalue weighted by molar-refractivity contribution is -0.138. The van der Waals surface area contributed by atoms with Crippen molar-refractivity contribution in [2.45, 2.75) is 12.8 Å². The molecule has 0 saturated carbocycles. The number of fused-ring (bicyclic) bond motifs is 1. The number of aryl methyl sites for hydroxylation is 1. The molecule has 0 saturated heterocycles. The van der Waals surface area contributed by atoms with Crippen LogP contribution in [0.1, 0.15) is 17.0 Å². The van der Waals surface area contributed by atoms with Crippen LogP contribution in [0, 0.1) is 6.92 Å². The first-order chi connectivity index (χ1) is 7.54. The summed E-state index contributed by atoms with van der Waals surface area (Å²) in [4.78, 5) is 13.1. The highest BCUT2D eigenvalue weighted by Crippen LogP contribution is 2.40. The number of carboxylic acid groups (broad SMARTS) is 1. The summed E-state index contributed by atoms with van der Waals surface area (Å²) in [6.07, 6.45) is 0. The standard InChI is InChI=1S/C12H15NO3/c1-7-4-8(16-3)5-9-10(12(14)15)6-13(2)11(7)9/h4-5,10H,6H2,1-3H3,(H,14,15). The smallest absolute Gasteiger partial charge is 0.312 e. The van der Waals surface area contributed by atoms with Crippen LogP contribution in [0.15, 0.2) is 12.1 Å². The lowest BCUT2D eigenvalue weighted by Gasteiger charge is -2.15. The van der Waals surface area contributed by atoms with Crippen LogP contribution in [0.4, 0.5) is 5.69 Å². The predicted octanol–water partition coefficient (Wildman–Crippen LogP) is 1.62. The van der Waals surface area contributed by atoms with E-state index in [9.17, 15) is 4.79 Å². The number of methoxy groups -OCH3 is 1. The van der Waals surface area contributed by atoms with Gasteiger partial charge in [0.1, 0.15) is 11.7 Å². The molecule has 1 aromatic rings. The molecular formula is C12H15NO3. The number of anilines is 1. The average molecular weight is 221 g/mol. The van der Waals surface area contributed by atoms with E-state index in [1.807, 2.05) is 31.0 Å². The topological polar surface area (TPSA) is 49.8 Å². The lowest BCUT2D eigenvalue weighted by atomic mass is 9.99. The molecule has 0 radical (unpaired) electrons. The maximum atomic E-state index is 11.2. The van der Waals surface area contributed by atoms with Crippen molar-refractivity contribution < 1.29 is 14.6 Å². The lowest BCUT2D eigenvalue weighted by Crippen LogP contribution is -2.20. The van der Waals surface area contributed by atoms with Gasteiger partial charge in [-0.05, 0) is 30.2 Å². The summed E-state index contributed by atoms with van der Waals surface area (Å²) < 4.78 is 5.17. The Labute approximate surface area is 94.4 Å². The molecule has 0 aliphatic carbocycles. The molecule has 1 aliphatic heterocycles. The maximum absolute atomic E-state index is 11.2. The second kappa shape index (κ2) is 3.70. The summed E-state index contributed by atoms with van der Waals surface area (Å²) >= 11 is 0. The van der Waals surface area contributed by atoms with Gasteiger partial charge in [-0.2, -0.15) is 0 Å². The molecule has 1 aromatic carbocycles. The monoisotopic (exact) mass is 221 g/mol. The summed E-state index contributed by atoms with van der Waals surface area (Å²) in [7, 11) is 3.51. The quantitative estimate of drug-likeness (QED) is 0.824. The van der Waals surface area contributed by atoms with Gasteiger partial charge in [-0.25, -0.2) is 0 Å². The van der Waals surface area contributed by atoms with Gasteiger partial charge in [-0.1, -0.05) is 0 Å². The molecule has 1 aliphatic rings. The number of benzene rings is 1. The van der Waals surface area contributed by atoms with Crippen LogP contribution in [0.3, 0.4) is 0 Å². The zero-order chi connectivity index (χ0) is 11.9. The summed E-state index contributed by atoms with van der Waals surface area (Å²) in [6, 6.07) is 3.75.